The van der Waals surface area contributed by atoms with Gasteiger partial charge in [0.15, 0.2) is 16.6 Å². The van der Waals surface area contributed by atoms with E-state index in [1.165, 1.54) is 0 Å². The van der Waals surface area contributed by atoms with Crippen LogP contribution in [-0.2, 0) is 8.69 Å². The smallest absolute Gasteiger partial charge is 0.416 e. The lowest BCUT2D eigenvalue weighted by atomic mass is 10.4. The summed E-state index contributed by atoms with van der Waals surface area (Å²) in [6.07, 6.45) is 0. The second-order valence-corrected chi connectivity index (χ2v) is 13.7. The van der Waals surface area contributed by atoms with E-state index in [2.05, 4.69) is 39.3 Å². The van der Waals surface area contributed by atoms with Crippen molar-refractivity contribution in [2.75, 3.05) is 0 Å². The summed E-state index contributed by atoms with van der Waals surface area (Å²) in [6, 6.07) is 0. The van der Waals surface area contributed by atoms with Gasteiger partial charge in [-0.25, -0.2) is 0 Å². The van der Waals surface area contributed by atoms with Crippen molar-refractivity contribution >= 4 is 24.3 Å². The average molecular weight is 190 g/mol. The van der Waals surface area contributed by atoms with E-state index in [1.54, 1.807) is 0 Å². The maximum atomic E-state index is 5.56. The minimum atomic E-state index is -1.36. The minimum absolute atomic E-state index is 0.492. The molecule has 0 heterocycles. The van der Waals surface area contributed by atoms with Gasteiger partial charge in [0.25, 0.3) is 0 Å². The van der Waals surface area contributed by atoms with E-state index in [0.29, 0.717) is 7.69 Å². The van der Waals surface area contributed by atoms with Gasteiger partial charge in [0, 0.05) is 0 Å². The molecule has 0 atom stereocenters. The predicted molar refractivity (Wildman–Crippen MR) is 56.0 cm³/mol. The van der Waals surface area contributed by atoms with Crippen molar-refractivity contribution in [3.05, 3.63) is 0 Å². The normalized spacial score (nSPS) is 13.3. The van der Waals surface area contributed by atoms with Gasteiger partial charge in [-0.15, -0.1) is 0 Å². The van der Waals surface area contributed by atoms with E-state index in [-0.39, 0.29) is 0 Å². The minimum Gasteiger partial charge on any atom is -0.457 e. The van der Waals surface area contributed by atoms with Gasteiger partial charge in [0.1, 0.15) is 0 Å². The molecule has 0 spiro atoms. The third kappa shape index (κ3) is 10.4. The molecule has 0 bridgehead atoms. The summed E-state index contributed by atoms with van der Waals surface area (Å²) in [7, 11) is -2.23. The zero-order valence-electron chi connectivity index (χ0n) is 8.52. The number of hydrogen-bond donors (Lipinski definition) is 0. The molecule has 66 valence electrons. The van der Waals surface area contributed by atoms with E-state index >= 15 is 0 Å². The third-order valence-electron chi connectivity index (χ3n) is 0.984. The van der Waals surface area contributed by atoms with Gasteiger partial charge >= 0.3 is 7.69 Å². The van der Waals surface area contributed by atoms with E-state index in [9.17, 15) is 0 Å². The van der Waals surface area contributed by atoms with Crippen molar-refractivity contribution in [2.45, 2.75) is 39.3 Å². The maximum absolute atomic E-state index is 5.56. The fourth-order valence-electron chi connectivity index (χ4n) is 0.383. The topological polar surface area (TPSA) is 18.5 Å². The fraction of sp³-hybridized carbons (Fsp3) is 1.00. The first-order chi connectivity index (χ1) is 4.71. The monoisotopic (exact) mass is 190 g/mol. The lowest BCUT2D eigenvalue weighted by molar-refractivity contribution is 0.457. The van der Waals surface area contributed by atoms with Crippen molar-refractivity contribution in [3.8, 4) is 0 Å². The summed E-state index contributed by atoms with van der Waals surface area (Å²) >= 11 is 0. The Hall–Kier alpha value is 0.419. The van der Waals surface area contributed by atoms with Crippen LogP contribution in [0.5, 0.6) is 0 Å². The van der Waals surface area contributed by atoms with Crippen LogP contribution < -0.4 is 0 Å². The van der Waals surface area contributed by atoms with E-state index in [1.807, 2.05) is 0 Å². The lowest BCUT2D eigenvalue weighted by Crippen LogP contribution is -2.34. The summed E-state index contributed by atoms with van der Waals surface area (Å²) in [5.74, 6) is 0. The molecule has 0 rings (SSSR count). The third-order valence-corrected chi connectivity index (χ3v) is 2.95. The molecular weight excluding hydrogens is 171 g/mol. The first-order valence-electron chi connectivity index (χ1n) is 3.99. The molecule has 0 aliphatic carbocycles. The molecule has 0 radical (unpaired) electrons. The first-order valence-corrected chi connectivity index (χ1v) is 10.8. The average Bonchev–Trinajstić information content (AvgIpc) is 1.55. The highest BCUT2D eigenvalue weighted by Crippen LogP contribution is 2.05. The summed E-state index contributed by atoms with van der Waals surface area (Å²) in [4.78, 5) is 0. The van der Waals surface area contributed by atoms with Crippen molar-refractivity contribution in [1.29, 1.82) is 0 Å². The standard InChI is InChI=1S/C6H19BO2Si2/c1-10(2,3)8-7-9-11(4,5)6/h7H,1-6H3. The Morgan fingerprint density at radius 3 is 1.18 bits per heavy atom. The van der Waals surface area contributed by atoms with Gasteiger partial charge in [-0.1, -0.05) is 0 Å². The summed E-state index contributed by atoms with van der Waals surface area (Å²) in [5.41, 5.74) is 0. The molecule has 0 aromatic heterocycles. The van der Waals surface area contributed by atoms with Crippen LogP contribution in [0.25, 0.3) is 0 Å². The predicted octanol–water partition coefficient (Wildman–Crippen LogP) is 1.96. The van der Waals surface area contributed by atoms with Crippen molar-refractivity contribution in [3.63, 3.8) is 0 Å². The van der Waals surface area contributed by atoms with Crippen LogP contribution in [0, 0.1) is 0 Å². The van der Waals surface area contributed by atoms with Crippen molar-refractivity contribution < 1.29 is 8.69 Å². The summed E-state index contributed by atoms with van der Waals surface area (Å²) in [6.45, 7) is 13.0. The molecule has 0 amide bonds. The van der Waals surface area contributed by atoms with Gasteiger partial charge in [0.05, 0.1) is 0 Å². The highest BCUT2D eigenvalue weighted by atomic mass is 28.4. The van der Waals surface area contributed by atoms with Crippen LogP contribution in [0.2, 0.25) is 39.3 Å². The largest absolute Gasteiger partial charge is 0.457 e. The first kappa shape index (κ1) is 11.4. The van der Waals surface area contributed by atoms with Crippen LogP contribution in [0.4, 0.5) is 0 Å². The molecule has 11 heavy (non-hydrogen) atoms. The van der Waals surface area contributed by atoms with E-state index in [4.69, 9.17) is 8.69 Å². The summed E-state index contributed by atoms with van der Waals surface area (Å²) in [5, 5.41) is 0. The van der Waals surface area contributed by atoms with E-state index < -0.39 is 16.6 Å². The molecule has 0 aromatic rings. The zero-order valence-corrected chi connectivity index (χ0v) is 10.5. The van der Waals surface area contributed by atoms with Crippen LogP contribution in [-0.4, -0.2) is 24.3 Å². The molecule has 0 N–H and O–H groups in total. The zero-order chi connectivity index (χ0) is 9.12. The Kier molecular flexibility index (Phi) is 4.04. The molecule has 0 aliphatic rings. The number of hydrogen-bond acceptors (Lipinski definition) is 2. The second-order valence-electron chi connectivity index (χ2n) is 4.63. The quantitative estimate of drug-likeness (QED) is 0.631. The Balaban J connectivity index is 3.44. The Labute approximate surface area is 72.9 Å². The molecule has 0 fully saturated rings. The van der Waals surface area contributed by atoms with Crippen molar-refractivity contribution in [1.82, 2.24) is 0 Å². The highest BCUT2D eigenvalue weighted by molar-refractivity contribution is 6.77. The Morgan fingerprint density at radius 2 is 1.00 bits per heavy atom. The lowest BCUT2D eigenvalue weighted by Gasteiger charge is -2.21. The fourth-order valence-corrected chi connectivity index (χ4v) is 1.33. The van der Waals surface area contributed by atoms with E-state index in [0.717, 1.165) is 0 Å². The molecule has 0 saturated carbocycles. The molecule has 0 aliphatic heterocycles. The maximum Gasteiger partial charge on any atom is 0.416 e. The molecule has 2 nitrogen and oxygen atoms in total. The van der Waals surface area contributed by atoms with Crippen LogP contribution in [0.1, 0.15) is 0 Å². The molecule has 0 saturated heterocycles. The van der Waals surface area contributed by atoms with Crippen LogP contribution in [0.15, 0.2) is 0 Å². The van der Waals surface area contributed by atoms with Crippen LogP contribution >= 0.6 is 0 Å². The highest BCUT2D eigenvalue weighted by Gasteiger charge is 2.19. The Bertz CT molecular complexity index is 103. The van der Waals surface area contributed by atoms with Gasteiger partial charge in [-0.2, -0.15) is 0 Å². The van der Waals surface area contributed by atoms with Gasteiger partial charge < -0.3 is 8.69 Å². The van der Waals surface area contributed by atoms with Crippen LogP contribution in [0.3, 0.4) is 0 Å². The number of rotatable bonds is 4. The SMILES string of the molecule is C[Si](C)(C)OBO[Si](C)(C)C. The second kappa shape index (κ2) is 3.89. The summed E-state index contributed by atoms with van der Waals surface area (Å²) < 4.78 is 11.1. The van der Waals surface area contributed by atoms with Gasteiger partial charge in [-0.05, 0) is 39.3 Å². The van der Waals surface area contributed by atoms with Gasteiger partial charge in [0.2, 0.25) is 0 Å². The Morgan fingerprint density at radius 1 is 0.727 bits per heavy atom. The molecular formula is C6H19BO2Si2. The van der Waals surface area contributed by atoms with Crippen molar-refractivity contribution in [2.24, 2.45) is 0 Å². The molecule has 0 unspecified atom stereocenters. The molecule has 5 heteroatoms. The molecule has 0 aromatic carbocycles. The van der Waals surface area contributed by atoms with Gasteiger partial charge in [-0.3, -0.25) is 0 Å².